The van der Waals surface area contributed by atoms with Crippen LogP contribution in [0.15, 0.2) is 36.7 Å². The fourth-order valence-corrected chi connectivity index (χ4v) is 3.82. The summed E-state index contributed by atoms with van der Waals surface area (Å²) >= 11 is 0. The molecule has 2 aliphatic rings. The van der Waals surface area contributed by atoms with Crippen LogP contribution in [-0.2, 0) is 9.47 Å². The second kappa shape index (κ2) is 7.86. The molecule has 0 spiro atoms. The van der Waals surface area contributed by atoms with Crippen molar-refractivity contribution in [2.24, 2.45) is 0 Å². The van der Waals surface area contributed by atoms with Crippen molar-refractivity contribution in [3.8, 4) is 11.5 Å². The highest BCUT2D eigenvalue weighted by Crippen LogP contribution is 2.38. The van der Waals surface area contributed by atoms with E-state index in [1.165, 1.54) is 19.5 Å². The number of halogens is 3. The van der Waals surface area contributed by atoms with Crippen LogP contribution < -0.4 is 14.8 Å². The van der Waals surface area contributed by atoms with Crippen molar-refractivity contribution in [1.29, 1.82) is 0 Å². The quantitative estimate of drug-likeness (QED) is 0.660. The molecule has 1 unspecified atom stereocenters. The molecule has 2 saturated heterocycles. The fourth-order valence-electron chi connectivity index (χ4n) is 3.82. The Balaban J connectivity index is 1.46. The number of hydrogen-bond donors (Lipinski definition) is 1. The number of aromatic nitrogens is 2. The van der Waals surface area contributed by atoms with Gasteiger partial charge in [-0.1, -0.05) is 0 Å². The van der Waals surface area contributed by atoms with E-state index in [4.69, 9.17) is 18.9 Å². The van der Waals surface area contributed by atoms with E-state index in [-0.39, 0.29) is 18.9 Å². The Morgan fingerprint density at radius 3 is 2.68 bits per heavy atom. The third-order valence-corrected chi connectivity index (χ3v) is 5.33. The Morgan fingerprint density at radius 1 is 1.03 bits per heavy atom. The maximum absolute atomic E-state index is 14.1. The molecule has 2 aromatic carbocycles. The molecule has 31 heavy (non-hydrogen) atoms. The summed E-state index contributed by atoms with van der Waals surface area (Å²) < 4.78 is 63.5. The Hall–Kier alpha value is -3.11. The van der Waals surface area contributed by atoms with Gasteiger partial charge in [0.15, 0.2) is 23.8 Å². The zero-order valence-electron chi connectivity index (χ0n) is 16.3. The third-order valence-electron chi connectivity index (χ3n) is 5.33. The monoisotopic (exact) mass is 433 g/mol. The van der Waals surface area contributed by atoms with Crippen molar-refractivity contribution in [2.75, 3.05) is 25.6 Å². The van der Waals surface area contributed by atoms with Gasteiger partial charge in [-0.15, -0.1) is 0 Å². The summed E-state index contributed by atoms with van der Waals surface area (Å²) in [4.78, 5) is 8.41. The topological polar surface area (TPSA) is 74.7 Å². The molecule has 5 rings (SSSR count). The summed E-state index contributed by atoms with van der Waals surface area (Å²) in [5.74, 6) is -0.361. The summed E-state index contributed by atoms with van der Waals surface area (Å²) in [7, 11) is 1.47. The van der Waals surface area contributed by atoms with Crippen LogP contribution in [0.4, 0.5) is 24.7 Å². The van der Waals surface area contributed by atoms with Gasteiger partial charge in [-0.2, -0.15) is 0 Å². The van der Waals surface area contributed by atoms with Crippen molar-refractivity contribution in [1.82, 2.24) is 9.97 Å². The number of hydrogen-bond acceptors (Lipinski definition) is 7. The van der Waals surface area contributed by atoms with Gasteiger partial charge in [-0.05, 0) is 18.2 Å². The van der Waals surface area contributed by atoms with Crippen LogP contribution in [0.3, 0.4) is 0 Å². The smallest absolute Gasteiger partial charge is 0.164 e. The van der Waals surface area contributed by atoms with E-state index in [1.807, 2.05) is 0 Å². The molecule has 2 fully saturated rings. The molecule has 162 valence electrons. The predicted molar refractivity (Wildman–Crippen MR) is 105 cm³/mol. The molecule has 2 aliphatic heterocycles. The summed E-state index contributed by atoms with van der Waals surface area (Å²) in [6, 6.07) is 6.50. The summed E-state index contributed by atoms with van der Waals surface area (Å²) in [6.07, 6.45) is -1.50. The minimum absolute atomic E-state index is 0.0216. The molecule has 10 heteroatoms. The highest BCUT2D eigenvalue weighted by atomic mass is 19.1. The molecular weight excluding hydrogens is 415 g/mol. The van der Waals surface area contributed by atoms with Crippen LogP contribution in [0.2, 0.25) is 0 Å². The third kappa shape index (κ3) is 3.61. The normalized spacial score (nSPS) is 24.9. The molecule has 7 nitrogen and oxygen atoms in total. The van der Waals surface area contributed by atoms with E-state index in [1.54, 1.807) is 12.1 Å². The molecule has 4 atom stereocenters. The zero-order valence-corrected chi connectivity index (χ0v) is 16.3. The maximum atomic E-state index is 14.1. The van der Waals surface area contributed by atoms with Crippen molar-refractivity contribution < 1.29 is 32.1 Å². The van der Waals surface area contributed by atoms with Crippen molar-refractivity contribution in [3.05, 3.63) is 48.3 Å². The van der Waals surface area contributed by atoms with E-state index in [2.05, 4.69) is 15.3 Å². The van der Waals surface area contributed by atoms with Crippen LogP contribution in [0.1, 0.15) is 0 Å². The van der Waals surface area contributed by atoms with Crippen LogP contribution in [0, 0.1) is 11.6 Å². The van der Waals surface area contributed by atoms with Crippen molar-refractivity contribution in [2.45, 2.75) is 24.5 Å². The SMILES string of the molecule is COc1cc2c(Nc3ccc(F)cc3F)ncnc2cc1OC1CO[C@H]2[C@H](F)CO[C@@H]12. The first-order valence-corrected chi connectivity index (χ1v) is 9.62. The van der Waals surface area contributed by atoms with Gasteiger partial charge in [0, 0.05) is 17.5 Å². The molecule has 3 heterocycles. The van der Waals surface area contributed by atoms with Gasteiger partial charge in [-0.25, -0.2) is 23.1 Å². The van der Waals surface area contributed by atoms with E-state index in [0.29, 0.717) is 28.2 Å². The van der Waals surface area contributed by atoms with Gasteiger partial charge in [0.25, 0.3) is 0 Å². The molecule has 3 aromatic rings. The Bertz CT molecular complexity index is 1130. The number of fused-ring (bicyclic) bond motifs is 2. The van der Waals surface area contributed by atoms with Gasteiger partial charge in [0.1, 0.15) is 36.0 Å². The van der Waals surface area contributed by atoms with E-state index < -0.39 is 36.1 Å². The number of ether oxygens (including phenoxy) is 4. The lowest BCUT2D eigenvalue weighted by molar-refractivity contribution is 0.0271. The van der Waals surface area contributed by atoms with Crippen LogP contribution in [0.25, 0.3) is 10.9 Å². The lowest BCUT2D eigenvalue weighted by atomic mass is 10.1. The Kier molecular flexibility index (Phi) is 5.03. The minimum Gasteiger partial charge on any atom is -0.493 e. The second-order valence-corrected chi connectivity index (χ2v) is 7.26. The van der Waals surface area contributed by atoms with E-state index >= 15 is 0 Å². The lowest BCUT2D eigenvalue weighted by Crippen LogP contribution is -2.33. The zero-order chi connectivity index (χ0) is 21.5. The molecule has 1 aromatic heterocycles. The number of benzene rings is 2. The van der Waals surface area contributed by atoms with Crippen molar-refractivity contribution >= 4 is 22.4 Å². The van der Waals surface area contributed by atoms with Gasteiger partial charge < -0.3 is 24.3 Å². The molecule has 0 radical (unpaired) electrons. The average molecular weight is 433 g/mol. The first-order valence-electron chi connectivity index (χ1n) is 9.62. The largest absolute Gasteiger partial charge is 0.493 e. The molecule has 0 amide bonds. The molecule has 1 N–H and O–H groups in total. The van der Waals surface area contributed by atoms with Gasteiger partial charge in [-0.3, -0.25) is 0 Å². The highest BCUT2D eigenvalue weighted by Gasteiger charge is 2.49. The number of alkyl halides is 1. The average Bonchev–Trinajstić information content (AvgIpc) is 3.33. The van der Waals surface area contributed by atoms with Crippen LogP contribution in [0.5, 0.6) is 11.5 Å². The van der Waals surface area contributed by atoms with Crippen molar-refractivity contribution in [3.63, 3.8) is 0 Å². The maximum Gasteiger partial charge on any atom is 0.164 e. The highest BCUT2D eigenvalue weighted by molar-refractivity contribution is 5.93. The number of anilines is 2. The van der Waals surface area contributed by atoms with Crippen LogP contribution in [-0.4, -0.2) is 54.8 Å². The fraction of sp³-hybridized carbons (Fsp3) is 0.333. The lowest BCUT2D eigenvalue weighted by Gasteiger charge is -2.20. The van der Waals surface area contributed by atoms with E-state index in [9.17, 15) is 13.2 Å². The molecule has 0 aliphatic carbocycles. The first-order chi connectivity index (χ1) is 15.0. The first kappa shape index (κ1) is 19.8. The number of rotatable bonds is 5. The Labute approximate surface area is 175 Å². The second-order valence-electron chi connectivity index (χ2n) is 7.26. The summed E-state index contributed by atoms with van der Waals surface area (Å²) in [5, 5.41) is 3.39. The molecule has 0 bridgehead atoms. The van der Waals surface area contributed by atoms with Gasteiger partial charge in [0.05, 0.1) is 31.5 Å². The number of nitrogens with one attached hydrogen (secondary N) is 1. The minimum atomic E-state index is -1.18. The standard InChI is InChI=1S/C21H18F3N3O4/c1-28-16-5-11-15(6-17(16)31-18-8-30-19-13(24)7-29-20(18)19)25-9-26-21(11)27-14-3-2-10(22)4-12(14)23/h2-6,9,13,18-20H,7-8H2,1H3,(H,25,26,27)/t13-,18?,19+,20+/m1/s1. The summed E-state index contributed by atoms with van der Waals surface area (Å²) in [5.41, 5.74) is 0.566. The molecule has 0 saturated carbocycles. The molecular formula is C21H18F3N3O4. The van der Waals surface area contributed by atoms with Gasteiger partial charge >= 0.3 is 0 Å². The Morgan fingerprint density at radius 2 is 1.87 bits per heavy atom. The number of nitrogens with zero attached hydrogens (tertiary/aromatic N) is 2. The summed E-state index contributed by atoms with van der Waals surface area (Å²) in [6.45, 7) is 0.170. The van der Waals surface area contributed by atoms with Gasteiger partial charge in [0.2, 0.25) is 0 Å². The number of methoxy groups -OCH3 is 1. The van der Waals surface area contributed by atoms with E-state index in [0.717, 1.165) is 12.1 Å². The predicted octanol–water partition coefficient (Wildman–Crippen LogP) is 3.54. The van der Waals surface area contributed by atoms with Crippen LogP contribution >= 0.6 is 0 Å².